The van der Waals surface area contributed by atoms with Crippen molar-refractivity contribution in [3.8, 4) is 0 Å². The highest BCUT2D eigenvalue weighted by Crippen LogP contribution is 2.27. The molecule has 0 saturated carbocycles. The SMILES string of the molecule is Cc1nc2sc(C(=O)OCC(=O)NCCC3=CCCCC3)c(C)c2c(=O)[nH]1. The van der Waals surface area contributed by atoms with Crippen molar-refractivity contribution >= 4 is 33.4 Å². The number of ether oxygens (including phenoxy) is 1. The number of hydrogen-bond acceptors (Lipinski definition) is 6. The van der Waals surface area contributed by atoms with E-state index in [1.54, 1.807) is 13.8 Å². The quantitative estimate of drug-likeness (QED) is 0.584. The van der Waals surface area contributed by atoms with Gasteiger partial charge in [0, 0.05) is 6.54 Å². The second-order valence-electron chi connectivity index (χ2n) is 6.67. The van der Waals surface area contributed by atoms with Crippen molar-refractivity contribution in [2.24, 2.45) is 0 Å². The largest absolute Gasteiger partial charge is 0.451 e. The molecule has 2 aromatic heterocycles. The van der Waals surface area contributed by atoms with Crippen molar-refractivity contribution in [1.29, 1.82) is 0 Å². The molecule has 7 nitrogen and oxygen atoms in total. The van der Waals surface area contributed by atoms with E-state index in [9.17, 15) is 14.4 Å². The molecule has 0 atom stereocenters. The van der Waals surface area contributed by atoms with Gasteiger partial charge < -0.3 is 15.0 Å². The highest BCUT2D eigenvalue weighted by atomic mass is 32.1. The van der Waals surface area contributed by atoms with E-state index in [2.05, 4.69) is 21.4 Å². The molecule has 8 heteroatoms. The fourth-order valence-corrected chi connectivity index (χ4v) is 4.31. The normalized spacial score (nSPS) is 14.1. The molecule has 27 heavy (non-hydrogen) atoms. The minimum Gasteiger partial charge on any atom is -0.451 e. The standard InChI is InChI=1S/C19H23N3O4S/c1-11-15-17(24)21-12(2)22-18(15)27-16(11)19(25)26-10-14(23)20-9-8-13-6-4-3-5-7-13/h6H,3-5,7-10H2,1-2H3,(H,20,23)(H,21,22,24). The van der Waals surface area contributed by atoms with Crippen molar-refractivity contribution in [2.75, 3.05) is 13.2 Å². The smallest absolute Gasteiger partial charge is 0.349 e. The number of amides is 1. The van der Waals surface area contributed by atoms with Crippen molar-refractivity contribution in [3.05, 3.63) is 38.3 Å². The number of aromatic nitrogens is 2. The fraction of sp³-hybridized carbons (Fsp3) is 0.474. The number of hydrogen-bond donors (Lipinski definition) is 2. The molecule has 1 amide bonds. The predicted octanol–water partition coefficient (Wildman–Crippen LogP) is 2.76. The maximum atomic E-state index is 12.3. The molecule has 144 valence electrons. The topological polar surface area (TPSA) is 101 Å². The molecule has 1 aliphatic rings. The van der Waals surface area contributed by atoms with E-state index >= 15 is 0 Å². The number of rotatable bonds is 6. The van der Waals surface area contributed by atoms with E-state index in [-0.39, 0.29) is 18.1 Å². The first-order valence-corrected chi connectivity index (χ1v) is 9.89. The Hall–Kier alpha value is -2.48. The van der Waals surface area contributed by atoms with Gasteiger partial charge in [0.1, 0.15) is 15.5 Å². The first-order valence-electron chi connectivity index (χ1n) is 9.07. The van der Waals surface area contributed by atoms with Crippen LogP contribution in [0.2, 0.25) is 0 Å². The summed E-state index contributed by atoms with van der Waals surface area (Å²) >= 11 is 1.10. The van der Waals surface area contributed by atoms with E-state index in [0.29, 0.717) is 33.0 Å². The Morgan fingerprint density at radius 1 is 1.33 bits per heavy atom. The summed E-state index contributed by atoms with van der Waals surface area (Å²) in [5.74, 6) is -0.454. The third-order valence-electron chi connectivity index (χ3n) is 4.59. The van der Waals surface area contributed by atoms with Gasteiger partial charge in [-0.2, -0.15) is 0 Å². The summed E-state index contributed by atoms with van der Waals surface area (Å²) in [7, 11) is 0. The Bertz CT molecular complexity index is 958. The number of aromatic amines is 1. The summed E-state index contributed by atoms with van der Waals surface area (Å²) in [5.41, 5.74) is 1.63. The average Bonchev–Trinajstić information content (AvgIpc) is 2.97. The Morgan fingerprint density at radius 2 is 2.15 bits per heavy atom. The van der Waals surface area contributed by atoms with Gasteiger partial charge in [-0.25, -0.2) is 9.78 Å². The molecule has 2 N–H and O–H groups in total. The van der Waals surface area contributed by atoms with Crippen LogP contribution in [0.15, 0.2) is 16.4 Å². The van der Waals surface area contributed by atoms with Crippen molar-refractivity contribution in [3.63, 3.8) is 0 Å². The maximum Gasteiger partial charge on any atom is 0.349 e. The molecular formula is C19H23N3O4S. The lowest BCUT2D eigenvalue weighted by Crippen LogP contribution is -2.29. The molecule has 3 rings (SSSR count). The minimum absolute atomic E-state index is 0.278. The minimum atomic E-state index is -0.613. The van der Waals surface area contributed by atoms with Crippen LogP contribution >= 0.6 is 11.3 Å². The highest BCUT2D eigenvalue weighted by Gasteiger charge is 2.20. The Morgan fingerprint density at radius 3 is 2.89 bits per heavy atom. The third-order valence-corrected chi connectivity index (χ3v) is 5.76. The van der Waals surface area contributed by atoms with Crippen LogP contribution in [0, 0.1) is 13.8 Å². The van der Waals surface area contributed by atoms with Crippen LogP contribution in [-0.4, -0.2) is 35.0 Å². The van der Waals surface area contributed by atoms with Crippen LogP contribution < -0.4 is 10.9 Å². The molecule has 0 saturated heterocycles. The van der Waals surface area contributed by atoms with Crippen molar-refractivity contribution in [1.82, 2.24) is 15.3 Å². The number of H-pyrrole nitrogens is 1. The summed E-state index contributed by atoms with van der Waals surface area (Å²) < 4.78 is 5.12. The molecule has 0 aromatic carbocycles. The summed E-state index contributed by atoms with van der Waals surface area (Å²) in [5, 5.41) is 3.17. The van der Waals surface area contributed by atoms with Gasteiger partial charge in [0.25, 0.3) is 11.5 Å². The lowest BCUT2D eigenvalue weighted by molar-refractivity contribution is -0.124. The number of fused-ring (bicyclic) bond motifs is 1. The Labute approximate surface area is 160 Å². The second kappa shape index (κ2) is 8.47. The number of carbonyl (C=O) groups is 2. The van der Waals surface area contributed by atoms with E-state index in [1.165, 1.54) is 18.4 Å². The number of nitrogens with zero attached hydrogens (tertiary/aromatic N) is 1. The summed E-state index contributed by atoms with van der Waals surface area (Å²) in [6.07, 6.45) is 7.75. The third kappa shape index (κ3) is 4.63. The number of carbonyl (C=O) groups excluding carboxylic acids is 2. The van der Waals surface area contributed by atoms with E-state index in [1.807, 2.05) is 0 Å². The molecule has 0 fully saturated rings. The lowest BCUT2D eigenvalue weighted by Gasteiger charge is -2.12. The second-order valence-corrected chi connectivity index (χ2v) is 7.67. The van der Waals surface area contributed by atoms with Crippen molar-refractivity contribution in [2.45, 2.75) is 46.0 Å². The van der Waals surface area contributed by atoms with Crippen molar-refractivity contribution < 1.29 is 14.3 Å². The molecule has 0 bridgehead atoms. The monoisotopic (exact) mass is 389 g/mol. The number of nitrogens with one attached hydrogen (secondary N) is 2. The van der Waals surface area contributed by atoms with E-state index in [4.69, 9.17) is 4.74 Å². The zero-order valence-corrected chi connectivity index (χ0v) is 16.3. The van der Waals surface area contributed by atoms with Crippen LogP contribution in [0.25, 0.3) is 10.2 Å². The van der Waals surface area contributed by atoms with E-state index < -0.39 is 5.97 Å². The zero-order chi connectivity index (χ0) is 19.4. The molecule has 2 heterocycles. The average molecular weight is 389 g/mol. The van der Waals surface area contributed by atoms with Gasteiger partial charge >= 0.3 is 5.97 Å². The fourth-order valence-electron chi connectivity index (χ4n) is 3.19. The van der Waals surface area contributed by atoms with E-state index in [0.717, 1.165) is 30.6 Å². The van der Waals surface area contributed by atoms with Crippen LogP contribution in [0.5, 0.6) is 0 Å². The molecule has 0 unspecified atom stereocenters. The lowest BCUT2D eigenvalue weighted by atomic mass is 9.97. The van der Waals surface area contributed by atoms with Gasteiger partial charge in [0.05, 0.1) is 5.39 Å². The molecular weight excluding hydrogens is 366 g/mol. The Balaban J connectivity index is 1.54. The maximum absolute atomic E-state index is 12.3. The van der Waals surface area contributed by atoms with Gasteiger partial charge in [0.15, 0.2) is 6.61 Å². The molecule has 0 aliphatic heterocycles. The first kappa shape index (κ1) is 19.3. The highest BCUT2D eigenvalue weighted by molar-refractivity contribution is 7.20. The molecule has 1 aliphatic carbocycles. The molecule has 0 spiro atoms. The van der Waals surface area contributed by atoms with Gasteiger partial charge in [-0.15, -0.1) is 11.3 Å². The van der Waals surface area contributed by atoms with Crippen LogP contribution in [0.4, 0.5) is 0 Å². The van der Waals surface area contributed by atoms with Crippen LogP contribution in [0.3, 0.4) is 0 Å². The van der Waals surface area contributed by atoms with Gasteiger partial charge in [-0.05, 0) is 51.5 Å². The summed E-state index contributed by atoms with van der Waals surface area (Å²) in [6, 6.07) is 0. The Kier molecular flexibility index (Phi) is 6.05. The molecule has 0 radical (unpaired) electrons. The number of aryl methyl sites for hydroxylation is 2. The van der Waals surface area contributed by atoms with Crippen LogP contribution in [-0.2, 0) is 9.53 Å². The van der Waals surface area contributed by atoms with Gasteiger partial charge in [-0.3, -0.25) is 9.59 Å². The van der Waals surface area contributed by atoms with Gasteiger partial charge in [0.2, 0.25) is 0 Å². The summed E-state index contributed by atoms with van der Waals surface area (Å²) in [6.45, 7) is 3.57. The van der Waals surface area contributed by atoms with Gasteiger partial charge in [-0.1, -0.05) is 11.6 Å². The number of allylic oxidation sites excluding steroid dienone is 1. The predicted molar refractivity (Wildman–Crippen MR) is 104 cm³/mol. The zero-order valence-electron chi connectivity index (χ0n) is 15.5. The first-order chi connectivity index (χ1) is 13.0. The number of thiophene rings is 1. The summed E-state index contributed by atoms with van der Waals surface area (Å²) in [4.78, 5) is 44.0. The molecule has 2 aromatic rings. The number of esters is 1. The van der Waals surface area contributed by atoms with Crippen LogP contribution in [0.1, 0.15) is 53.2 Å².